The van der Waals surface area contributed by atoms with Crippen LogP contribution in [0.5, 0.6) is 0 Å². The highest BCUT2D eigenvalue weighted by Gasteiger charge is 2.40. The fourth-order valence-electron chi connectivity index (χ4n) is 1.37. The van der Waals surface area contributed by atoms with E-state index in [2.05, 4.69) is 6.07 Å². The predicted molar refractivity (Wildman–Crippen MR) is 40.8 cm³/mol. The lowest BCUT2D eigenvalue weighted by atomic mass is 9.96. The van der Waals surface area contributed by atoms with E-state index in [-0.39, 0.29) is 6.04 Å². The van der Waals surface area contributed by atoms with Crippen molar-refractivity contribution >= 4 is 0 Å². The van der Waals surface area contributed by atoms with Gasteiger partial charge in [0.15, 0.2) is 0 Å². The van der Waals surface area contributed by atoms with Gasteiger partial charge in [0.25, 0.3) is 0 Å². The van der Waals surface area contributed by atoms with Gasteiger partial charge in [0, 0.05) is 19.1 Å². The van der Waals surface area contributed by atoms with Gasteiger partial charge in [0.05, 0.1) is 12.5 Å². The Morgan fingerprint density at radius 1 is 1.73 bits per heavy atom. The Bertz CT molecular complexity index is 175. The number of hydrogen-bond donors (Lipinski definition) is 0. The van der Waals surface area contributed by atoms with Gasteiger partial charge in [-0.2, -0.15) is 5.26 Å². The summed E-state index contributed by atoms with van der Waals surface area (Å²) in [7, 11) is 0. The summed E-state index contributed by atoms with van der Waals surface area (Å²) in [5.41, 5.74) is -1.01. The maximum absolute atomic E-state index is 12.9. The molecule has 2 nitrogen and oxygen atoms in total. The van der Waals surface area contributed by atoms with Crippen molar-refractivity contribution in [3.05, 3.63) is 0 Å². The Morgan fingerprint density at radius 2 is 2.27 bits per heavy atom. The fraction of sp³-hybridized carbons (Fsp3) is 0.875. The van der Waals surface area contributed by atoms with Crippen molar-refractivity contribution in [2.24, 2.45) is 0 Å². The van der Waals surface area contributed by atoms with Crippen LogP contribution in [0.1, 0.15) is 20.3 Å². The van der Waals surface area contributed by atoms with Gasteiger partial charge < -0.3 is 0 Å². The molecule has 1 fully saturated rings. The molecular formula is C8H13FN2. The number of nitrogens with zero attached hydrogens (tertiary/aromatic N) is 2. The number of likely N-dealkylation sites (tertiary alicyclic amines) is 1. The lowest BCUT2D eigenvalue weighted by Crippen LogP contribution is -2.59. The smallest absolute Gasteiger partial charge is 0.133 e. The van der Waals surface area contributed by atoms with Crippen molar-refractivity contribution in [3.8, 4) is 6.07 Å². The standard InChI is InChI=1S/C8H13FN2/c1-7(3-4-10)11-5-8(2,9)6-11/h7H,3,5-6H2,1-2H3. The summed E-state index contributed by atoms with van der Waals surface area (Å²) < 4.78 is 12.9. The van der Waals surface area contributed by atoms with Gasteiger partial charge in [-0.25, -0.2) is 4.39 Å². The van der Waals surface area contributed by atoms with Crippen LogP contribution in [0.15, 0.2) is 0 Å². The molecule has 0 aliphatic carbocycles. The van der Waals surface area contributed by atoms with Crippen molar-refractivity contribution in [1.82, 2.24) is 4.90 Å². The number of nitriles is 1. The highest BCUT2D eigenvalue weighted by molar-refractivity contribution is 4.96. The lowest BCUT2D eigenvalue weighted by Gasteiger charge is -2.45. The monoisotopic (exact) mass is 156 g/mol. The van der Waals surface area contributed by atoms with Gasteiger partial charge in [-0.1, -0.05) is 0 Å². The maximum Gasteiger partial charge on any atom is 0.133 e. The lowest BCUT2D eigenvalue weighted by molar-refractivity contribution is -0.0390. The number of hydrogen-bond acceptors (Lipinski definition) is 2. The van der Waals surface area contributed by atoms with Crippen molar-refractivity contribution in [2.45, 2.75) is 32.0 Å². The zero-order chi connectivity index (χ0) is 8.48. The summed E-state index contributed by atoms with van der Waals surface area (Å²) in [5.74, 6) is 0. The second-order valence-corrected chi connectivity index (χ2v) is 3.53. The van der Waals surface area contributed by atoms with Crippen LogP contribution in [0.25, 0.3) is 0 Å². The number of rotatable bonds is 2. The van der Waals surface area contributed by atoms with Crippen LogP contribution in [0.3, 0.4) is 0 Å². The molecule has 0 amide bonds. The molecule has 0 saturated carbocycles. The van der Waals surface area contributed by atoms with Gasteiger partial charge in [0.2, 0.25) is 0 Å². The molecule has 0 spiro atoms. The average Bonchev–Trinajstić information content (AvgIpc) is 1.83. The second kappa shape index (κ2) is 2.78. The van der Waals surface area contributed by atoms with E-state index < -0.39 is 5.67 Å². The molecule has 0 N–H and O–H groups in total. The summed E-state index contributed by atoms with van der Waals surface area (Å²) in [6.07, 6.45) is 0.496. The predicted octanol–water partition coefficient (Wildman–Crippen LogP) is 1.33. The van der Waals surface area contributed by atoms with Crippen molar-refractivity contribution in [3.63, 3.8) is 0 Å². The number of halogens is 1. The molecule has 62 valence electrons. The van der Waals surface area contributed by atoms with E-state index >= 15 is 0 Å². The highest BCUT2D eigenvalue weighted by atomic mass is 19.1. The molecule has 1 saturated heterocycles. The molecule has 0 aromatic carbocycles. The Kier molecular flexibility index (Phi) is 2.15. The molecule has 3 heteroatoms. The minimum absolute atomic E-state index is 0.212. The van der Waals surface area contributed by atoms with Crippen LogP contribution in [-0.4, -0.2) is 29.7 Å². The molecule has 1 aliphatic rings. The first-order valence-corrected chi connectivity index (χ1v) is 3.85. The SMILES string of the molecule is CC(CC#N)N1CC(C)(F)C1. The third-order valence-corrected chi connectivity index (χ3v) is 2.08. The van der Waals surface area contributed by atoms with E-state index in [1.165, 1.54) is 0 Å². The molecule has 1 aliphatic heterocycles. The molecule has 1 heterocycles. The van der Waals surface area contributed by atoms with Gasteiger partial charge in [-0.05, 0) is 13.8 Å². The largest absolute Gasteiger partial charge is 0.293 e. The van der Waals surface area contributed by atoms with Crippen LogP contribution in [0, 0.1) is 11.3 Å². The summed E-state index contributed by atoms with van der Waals surface area (Å²) in [4.78, 5) is 1.99. The van der Waals surface area contributed by atoms with Crippen LogP contribution >= 0.6 is 0 Å². The fourth-order valence-corrected chi connectivity index (χ4v) is 1.37. The van der Waals surface area contributed by atoms with Crippen LogP contribution < -0.4 is 0 Å². The Labute approximate surface area is 66.6 Å². The van der Waals surface area contributed by atoms with Crippen LogP contribution in [-0.2, 0) is 0 Å². The topological polar surface area (TPSA) is 27.0 Å². The summed E-state index contributed by atoms with van der Waals surface area (Å²) in [6, 6.07) is 2.29. The molecule has 0 aromatic rings. The molecule has 1 atom stereocenters. The van der Waals surface area contributed by atoms with Crippen LogP contribution in [0.2, 0.25) is 0 Å². The minimum atomic E-state index is -1.01. The van der Waals surface area contributed by atoms with Gasteiger partial charge in [-0.15, -0.1) is 0 Å². The van der Waals surface area contributed by atoms with Crippen molar-refractivity contribution < 1.29 is 4.39 Å². The van der Waals surface area contributed by atoms with Gasteiger partial charge in [-0.3, -0.25) is 4.90 Å². The van der Waals surface area contributed by atoms with E-state index in [4.69, 9.17) is 5.26 Å². The Hall–Kier alpha value is -0.620. The van der Waals surface area contributed by atoms with Gasteiger partial charge in [0.1, 0.15) is 5.67 Å². The van der Waals surface area contributed by atoms with E-state index in [0.29, 0.717) is 19.5 Å². The van der Waals surface area contributed by atoms with E-state index in [0.717, 1.165) is 0 Å². The first kappa shape index (κ1) is 8.48. The highest BCUT2D eigenvalue weighted by Crippen LogP contribution is 2.26. The molecular weight excluding hydrogens is 143 g/mol. The van der Waals surface area contributed by atoms with Gasteiger partial charge >= 0.3 is 0 Å². The maximum atomic E-state index is 12.9. The average molecular weight is 156 g/mol. The first-order chi connectivity index (χ1) is 5.05. The zero-order valence-corrected chi connectivity index (χ0v) is 6.97. The van der Waals surface area contributed by atoms with E-state index in [1.54, 1.807) is 6.92 Å². The molecule has 1 rings (SSSR count). The zero-order valence-electron chi connectivity index (χ0n) is 6.97. The molecule has 0 aromatic heterocycles. The third-order valence-electron chi connectivity index (χ3n) is 2.08. The molecule has 0 radical (unpaired) electrons. The van der Waals surface area contributed by atoms with E-state index in [1.807, 2.05) is 11.8 Å². The van der Waals surface area contributed by atoms with E-state index in [9.17, 15) is 4.39 Å². The molecule has 11 heavy (non-hydrogen) atoms. The van der Waals surface area contributed by atoms with Crippen LogP contribution in [0.4, 0.5) is 4.39 Å². The molecule has 1 unspecified atom stereocenters. The molecule has 0 bridgehead atoms. The third kappa shape index (κ3) is 1.90. The van der Waals surface area contributed by atoms with Crippen molar-refractivity contribution in [2.75, 3.05) is 13.1 Å². The minimum Gasteiger partial charge on any atom is -0.293 e. The normalized spacial score (nSPS) is 25.3. The van der Waals surface area contributed by atoms with Crippen molar-refractivity contribution in [1.29, 1.82) is 5.26 Å². The Morgan fingerprint density at radius 3 is 2.64 bits per heavy atom. The second-order valence-electron chi connectivity index (χ2n) is 3.53. The summed E-state index contributed by atoms with van der Waals surface area (Å²) in [6.45, 7) is 4.52. The summed E-state index contributed by atoms with van der Waals surface area (Å²) in [5, 5.41) is 8.36. The summed E-state index contributed by atoms with van der Waals surface area (Å²) >= 11 is 0. The number of alkyl halides is 1. The quantitative estimate of drug-likeness (QED) is 0.603. The Balaban J connectivity index is 2.27. The first-order valence-electron chi connectivity index (χ1n) is 3.85.